The van der Waals surface area contributed by atoms with Gasteiger partial charge in [0.05, 0.1) is 0 Å². The molecule has 0 aliphatic heterocycles. The second-order valence-corrected chi connectivity index (χ2v) is 4.97. The maximum absolute atomic E-state index is 13.6. The lowest BCUT2D eigenvalue weighted by atomic mass is 10.0. The zero-order valence-electron chi connectivity index (χ0n) is 12.2. The van der Waals surface area contributed by atoms with Crippen molar-refractivity contribution in [2.75, 3.05) is 0 Å². The van der Waals surface area contributed by atoms with Gasteiger partial charge in [-0.3, -0.25) is 9.59 Å². The molecule has 8 heteroatoms. The minimum absolute atomic E-state index is 0.0849. The Morgan fingerprint density at radius 2 is 1.58 bits per heavy atom. The van der Waals surface area contributed by atoms with Crippen LogP contribution in [0.4, 0.5) is 17.6 Å². The number of halogens is 4. The Bertz CT molecular complexity index is 772. The number of nitrogens with two attached hydrogens (primary N) is 1. The van der Waals surface area contributed by atoms with E-state index in [0.717, 1.165) is 6.07 Å². The molecule has 0 aliphatic carbocycles. The van der Waals surface area contributed by atoms with Gasteiger partial charge in [-0.25, -0.2) is 17.6 Å². The first-order valence-corrected chi connectivity index (χ1v) is 6.77. The standard InChI is InChI=1S/C16H12F4N2O2/c17-9-6-11(19)14(12(20)7-9)16(24)22-13(15(21)23)5-8-3-1-2-4-10(8)18/h1-4,6-7,13H,5H2,(H2,21,23)(H,22,24)/t13-/m0/s1. The fourth-order valence-electron chi connectivity index (χ4n) is 2.10. The summed E-state index contributed by atoms with van der Waals surface area (Å²) in [7, 11) is 0. The second-order valence-electron chi connectivity index (χ2n) is 4.97. The van der Waals surface area contributed by atoms with Crippen LogP contribution in [-0.2, 0) is 11.2 Å². The van der Waals surface area contributed by atoms with Gasteiger partial charge in [-0.15, -0.1) is 0 Å². The van der Waals surface area contributed by atoms with Crippen molar-refractivity contribution in [3.63, 3.8) is 0 Å². The van der Waals surface area contributed by atoms with E-state index in [9.17, 15) is 27.2 Å². The summed E-state index contributed by atoms with van der Waals surface area (Å²) < 4.78 is 53.7. The van der Waals surface area contributed by atoms with Crippen LogP contribution in [0.1, 0.15) is 15.9 Å². The average Bonchev–Trinajstić information content (AvgIpc) is 2.47. The van der Waals surface area contributed by atoms with E-state index < -0.39 is 46.7 Å². The minimum atomic E-state index is -1.43. The molecule has 4 nitrogen and oxygen atoms in total. The molecule has 0 fully saturated rings. The molecular weight excluding hydrogens is 328 g/mol. The van der Waals surface area contributed by atoms with Crippen molar-refractivity contribution in [3.8, 4) is 0 Å². The number of amides is 2. The van der Waals surface area contributed by atoms with Crippen LogP contribution < -0.4 is 11.1 Å². The number of primary amides is 1. The van der Waals surface area contributed by atoms with Crippen molar-refractivity contribution >= 4 is 11.8 Å². The number of carbonyl (C=O) groups is 2. The van der Waals surface area contributed by atoms with Crippen LogP contribution in [0, 0.1) is 23.3 Å². The summed E-state index contributed by atoms with van der Waals surface area (Å²) in [5.74, 6) is -7.01. The first-order valence-electron chi connectivity index (χ1n) is 6.77. The molecule has 0 spiro atoms. The Labute approximate surface area is 134 Å². The summed E-state index contributed by atoms with van der Waals surface area (Å²) in [6.07, 6.45) is -0.307. The van der Waals surface area contributed by atoms with Gasteiger partial charge < -0.3 is 11.1 Å². The van der Waals surface area contributed by atoms with E-state index in [1.165, 1.54) is 18.2 Å². The molecular formula is C16H12F4N2O2. The SMILES string of the molecule is NC(=O)[C@H](Cc1ccccc1F)NC(=O)c1c(F)cc(F)cc1F. The van der Waals surface area contributed by atoms with Crippen molar-refractivity contribution in [1.82, 2.24) is 5.32 Å². The molecule has 2 aromatic rings. The van der Waals surface area contributed by atoms with Gasteiger partial charge in [0.25, 0.3) is 5.91 Å². The highest BCUT2D eigenvalue weighted by Crippen LogP contribution is 2.15. The van der Waals surface area contributed by atoms with Crippen LogP contribution in [0.5, 0.6) is 0 Å². The average molecular weight is 340 g/mol. The first kappa shape index (κ1) is 17.5. The smallest absolute Gasteiger partial charge is 0.257 e. The molecule has 0 saturated carbocycles. The van der Waals surface area contributed by atoms with Crippen LogP contribution in [0.25, 0.3) is 0 Å². The lowest BCUT2D eigenvalue weighted by Gasteiger charge is -2.16. The van der Waals surface area contributed by atoms with Gasteiger partial charge in [0.15, 0.2) is 0 Å². The Balaban J connectivity index is 2.24. The molecule has 2 rings (SSSR count). The molecule has 0 unspecified atom stereocenters. The van der Waals surface area contributed by atoms with Gasteiger partial charge in [-0.1, -0.05) is 18.2 Å². The van der Waals surface area contributed by atoms with Crippen molar-refractivity contribution in [1.29, 1.82) is 0 Å². The highest BCUT2D eigenvalue weighted by molar-refractivity contribution is 5.97. The molecule has 24 heavy (non-hydrogen) atoms. The first-order chi connectivity index (χ1) is 11.3. The number of hydrogen-bond acceptors (Lipinski definition) is 2. The number of carbonyl (C=O) groups excluding carboxylic acids is 2. The molecule has 2 aromatic carbocycles. The summed E-state index contributed by atoms with van der Waals surface area (Å²) in [4.78, 5) is 23.4. The van der Waals surface area contributed by atoms with Crippen LogP contribution >= 0.6 is 0 Å². The zero-order valence-corrected chi connectivity index (χ0v) is 12.2. The molecule has 3 N–H and O–H groups in total. The van der Waals surface area contributed by atoms with E-state index in [-0.39, 0.29) is 12.0 Å². The highest BCUT2D eigenvalue weighted by atomic mass is 19.1. The minimum Gasteiger partial charge on any atom is -0.368 e. The summed E-state index contributed by atoms with van der Waals surface area (Å²) in [5, 5.41) is 2.03. The molecule has 0 bridgehead atoms. The van der Waals surface area contributed by atoms with E-state index in [0.29, 0.717) is 12.1 Å². The quantitative estimate of drug-likeness (QED) is 0.818. The van der Waals surface area contributed by atoms with Crippen molar-refractivity contribution in [2.45, 2.75) is 12.5 Å². The van der Waals surface area contributed by atoms with Crippen molar-refractivity contribution in [2.24, 2.45) is 5.73 Å². The molecule has 0 aliphatic rings. The van der Waals surface area contributed by atoms with Gasteiger partial charge in [-0.05, 0) is 11.6 Å². The van der Waals surface area contributed by atoms with Crippen LogP contribution in [0.2, 0.25) is 0 Å². The lowest BCUT2D eigenvalue weighted by molar-refractivity contribution is -0.119. The fourth-order valence-corrected chi connectivity index (χ4v) is 2.10. The summed E-state index contributed by atoms with van der Waals surface area (Å²) in [6.45, 7) is 0. The summed E-state index contributed by atoms with van der Waals surface area (Å²) >= 11 is 0. The van der Waals surface area contributed by atoms with Gasteiger partial charge in [0, 0.05) is 18.6 Å². The maximum Gasteiger partial charge on any atom is 0.257 e. The largest absolute Gasteiger partial charge is 0.368 e. The highest BCUT2D eigenvalue weighted by Gasteiger charge is 2.25. The Morgan fingerprint density at radius 1 is 1.00 bits per heavy atom. The summed E-state index contributed by atoms with van der Waals surface area (Å²) in [6, 6.07) is 4.71. The van der Waals surface area contributed by atoms with Gasteiger partial charge >= 0.3 is 0 Å². The number of benzene rings is 2. The van der Waals surface area contributed by atoms with Crippen molar-refractivity contribution in [3.05, 3.63) is 70.8 Å². The molecule has 2 amide bonds. The number of rotatable bonds is 5. The van der Waals surface area contributed by atoms with Crippen LogP contribution in [0.3, 0.4) is 0 Å². The van der Waals surface area contributed by atoms with Gasteiger partial charge in [0.1, 0.15) is 34.9 Å². The topological polar surface area (TPSA) is 72.2 Å². The predicted octanol–water partition coefficient (Wildman–Crippen LogP) is 2.07. The molecule has 0 saturated heterocycles. The number of hydrogen-bond donors (Lipinski definition) is 2. The third-order valence-electron chi connectivity index (χ3n) is 3.26. The Kier molecular flexibility index (Phi) is 5.18. The third kappa shape index (κ3) is 3.89. The molecule has 1 atom stereocenters. The molecule has 126 valence electrons. The summed E-state index contributed by atoms with van der Waals surface area (Å²) in [5.41, 5.74) is 4.16. The van der Waals surface area contributed by atoms with Crippen LogP contribution in [-0.4, -0.2) is 17.9 Å². The predicted molar refractivity (Wildman–Crippen MR) is 76.9 cm³/mol. The fraction of sp³-hybridized carbons (Fsp3) is 0.125. The maximum atomic E-state index is 13.6. The monoisotopic (exact) mass is 340 g/mol. The second kappa shape index (κ2) is 7.12. The van der Waals surface area contributed by atoms with Crippen LogP contribution in [0.15, 0.2) is 36.4 Å². The van der Waals surface area contributed by atoms with Gasteiger partial charge in [-0.2, -0.15) is 0 Å². The molecule has 0 radical (unpaired) electrons. The van der Waals surface area contributed by atoms with Crippen molar-refractivity contribution < 1.29 is 27.2 Å². The molecule has 0 heterocycles. The van der Waals surface area contributed by atoms with E-state index in [2.05, 4.69) is 0 Å². The van der Waals surface area contributed by atoms with E-state index in [1.54, 1.807) is 0 Å². The number of nitrogens with one attached hydrogen (secondary N) is 1. The Morgan fingerprint density at radius 3 is 2.12 bits per heavy atom. The normalized spacial score (nSPS) is 11.8. The van der Waals surface area contributed by atoms with E-state index in [1.807, 2.05) is 5.32 Å². The zero-order chi connectivity index (χ0) is 17.9. The van der Waals surface area contributed by atoms with Gasteiger partial charge in [0.2, 0.25) is 5.91 Å². The van der Waals surface area contributed by atoms with E-state index in [4.69, 9.17) is 5.73 Å². The molecule has 0 aromatic heterocycles. The third-order valence-corrected chi connectivity index (χ3v) is 3.26. The Hall–Kier alpha value is -2.90. The van der Waals surface area contributed by atoms with E-state index >= 15 is 0 Å². The lowest BCUT2D eigenvalue weighted by Crippen LogP contribution is -2.46.